The van der Waals surface area contributed by atoms with Crippen LogP contribution in [0.15, 0.2) is 24.3 Å². The van der Waals surface area contributed by atoms with E-state index >= 15 is 0 Å². The van der Waals surface area contributed by atoms with E-state index in [0.29, 0.717) is 17.5 Å². The Morgan fingerprint density at radius 2 is 2.14 bits per heavy atom. The molecule has 1 unspecified atom stereocenters. The zero-order valence-corrected chi connectivity index (χ0v) is 12.8. The lowest BCUT2D eigenvalue weighted by Crippen LogP contribution is -2.42. The number of carbonyl (C=O) groups is 1. The average molecular weight is 310 g/mol. The van der Waals surface area contributed by atoms with E-state index in [-0.39, 0.29) is 5.75 Å². The first-order valence-electron chi connectivity index (χ1n) is 6.50. The van der Waals surface area contributed by atoms with Crippen molar-refractivity contribution in [2.45, 2.75) is 32.1 Å². The lowest BCUT2D eigenvalue weighted by Gasteiger charge is -2.26. The fourth-order valence-corrected chi connectivity index (χ4v) is 3.66. The second kappa shape index (κ2) is 7.20. The zero-order chi connectivity index (χ0) is 16.0. The lowest BCUT2D eigenvalue weighted by atomic mass is 10.2. The summed E-state index contributed by atoms with van der Waals surface area (Å²) in [6.07, 6.45) is 0.519. The van der Waals surface area contributed by atoms with E-state index in [2.05, 4.69) is 0 Å². The highest BCUT2D eigenvalue weighted by molar-refractivity contribution is 7.88. The number of benzene rings is 1. The molecule has 1 N–H and O–H groups in total. The van der Waals surface area contributed by atoms with Crippen LogP contribution in [0.5, 0.6) is 0 Å². The Morgan fingerprint density at radius 3 is 2.67 bits per heavy atom. The first-order valence-corrected chi connectivity index (χ1v) is 8.11. The second-order valence-corrected chi connectivity index (χ2v) is 6.69. The minimum atomic E-state index is -3.76. The SMILES string of the molecule is CCC(C)N(CC(=O)O)S(=O)(=O)Cc1cccc(C#N)c1. The molecule has 0 aliphatic heterocycles. The van der Waals surface area contributed by atoms with Gasteiger partial charge in [-0.2, -0.15) is 9.57 Å². The van der Waals surface area contributed by atoms with E-state index in [1.54, 1.807) is 32.0 Å². The summed E-state index contributed by atoms with van der Waals surface area (Å²) >= 11 is 0. The van der Waals surface area contributed by atoms with Gasteiger partial charge in [-0.3, -0.25) is 4.79 Å². The number of nitrogens with zero attached hydrogens (tertiary/aromatic N) is 2. The van der Waals surface area contributed by atoms with Crippen molar-refractivity contribution in [3.05, 3.63) is 35.4 Å². The van der Waals surface area contributed by atoms with Gasteiger partial charge in [0.2, 0.25) is 10.0 Å². The molecule has 0 aromatic heterocycles. The molecule has 0 saturated heterocycles. The number of rotatable bonds is 7. The molecule has 7 heteroatoms. The van der Waals surface area contributed by atoms with E-state index in [9.17, 15) is 13.2 Å². The Balaban J connectivity index is 3.05. The molecule has 0 amide bonds. The predicted molar refractivity (Wildman–Crippen MR) is 77.9 cm³/mol. The average Bonchev–Trinajstić information content (AvgIpc) is 2.43. The number of aliphatic carboxylic acids is 1. The standard InChI is InChI=1S/C14H18N2O4S/c1-3-11(2)16(9-14(17)18)21(19,20)10-13-6-4-5-12(7-13)8-15/h4-7,11H,3,9-10H2,1-2H3,(H,17,18). The molecular weight excluding hydrogens is 292 g/mol. The van der Waals surface area contributed by atoms with Gasteiger partial charge in [0.15, 0.2) is 0 Å². The molecule has 0 heterocycles. The minimum absolute atomic E-state index is 0.319. The molecule has 1 aromatic carbocycles. The molecule has 0 saturated carbocycles. The lowest BCUT2D eigenvalue weighted by molar-refractivity contribution is -0.137. The Bertz CT molecular complexity index is 649. The molecule has 0 aliphatic carbocycles. The van der Waals surface area contributed by atoms with Crippen molar-refractivity contribution in [1.82, 2.24) is 4.31 Å². The van der Waals surface area contributed by atoms with Crippen molar-refractivity contribution in [2.75, 3.05) is 6.54 Å². The molecule has 114 valence electrons. The largest absolute Gasteiger partial charge is 0.480 e. The van der Waals surface area contributed by atoms with Crippen LogP contribution in [0, 0.1) is 11.3 Å². The van der Waals surface area contributed by atoms with Gasteiger partial charge in [-0.15, -0.1) is 0 Å². The highest BCUT2D eigenvalue weighted by atomic mass is 32.2. The van der Waals surface area contributed by atoms with Gasteiger partial charge in [0.25, 0.3) is 0 Å². The van der Waals surface area contributed by atoms with Crippen LogP contribution in [-0.2, 0) is 20.6 Å². The Kier molecular flexibility index (Phi) is 5.88. The molecule has 1 atom stereocenters. The third kappa shape index (κ3) is 4.85. The van der Waals surface area contributed by atoms with E-state index in [0.717, 1.165) is 4.31 Å². The van der Waals surface area contributed by atoms with Crippen molar-refractivity contribution in [3.8, 4) is 6.07 Å². The van der Waals surface area contributed by atoms with Gasteiger partial charge in [0, 0.05) is 6.04 Å². The van der Waals surface area contributed by atoms with E-state index < -0.39 is 28.6 Å². The van der Waals surface area contributed by atoms with Crippen LogP contribution >= 0.6 is 0 Å². The molecule has 21 heavy (non-hydrogen) atoms. The molecule has 0 fully saturated rings. The summed E-state index contributed by atoms with van der Waals surface area (Å²) in [5.41, 5.74) is 0.837. The van der Waals surface area contributed by atoms with Crippen LogP contribution in [0.3, 0.4) is 0 Å². The smallest absolute Gasteiger partial charge is 0.318 e. The number of carboxylic acid groups (broad SMARTS) is 1. The van der Waals surface area contributed by atoms with E-state index in [1.165, 1.54) is 6.07 Å². The van der Waals surface area contributed by atoms with Gasteiger partial charge in [0.05, 0.1) is 17.4 Å². The molecule has 6 nitrogen and oxygen atoms in total. The summed E-state index contributed by atoms with van der Waals surface area (Å²) in [6.45, 7) is 2.91. The van der Waals surface area contributed by atoms with Crippen molar-refractivity contribution in [2.24, 2.45) is 0 Å². The van der Waals surface area contributed by atoms with Gasteiger partial charge < -0.3 is 5.11 Å². The van der Waals surface area contributed by atoms with Gasteiger partial charge in [-0.05, 0) is 31.0 Å². The molecule has 0 spiro atoms. The number of nitriles is 1. The van der Waals surface area contributed by atoms with E-state index in [1.807, 2.05) is 6.07 Å². The van der Waals surface area contributed by atoms with Crippen LogP contribution in [0.2, 0.25) is 0 Å². The van der Waals surface area contributed by atoms with Gasteiger partial charge in [-0.1, -0.05) is 19.1 Å². The summed E-state index contributed by atoms with van der Waals surface area (Å²) in [5, 5.41) is 17.7. The Hall–Kier alpha value is -1.91. The van der Waals surface area contributed by atoms with Crippen molar-refractivity contribution >= 4 is 16.0 Å². The fraction of sp³-hybridized carbons (Fsp3) is 0.429. The zero-order valence-electron chi connectivity index (χ0n) is 12.0. The van der Waals surface area contributed by atoms with Crippen molar-refractivity contribution in [1.29, 1.82) is 5.26 Å². The van der Waals surface area contributed by atoms with Gasteiger partial charge >= 0.3 is 5.97 Å². The second-order valence-electron chi connectivity index (χ2n) is 4.76. The molecule has 0 radical (unpaired) electrons. The summed E-state index contributed by atoms with van der Waals surface area (Å²) < 4.78 is 25.8. The van der Waals surface area contributed by atoms with Crippen molar-refractivity contribution in [3.63, 3.8) is 0 Å². The molecule has 0 bridgehead atoms. The minimum Gasteiger partial charge on any atom is -0.480 e. The van der Waals surface area contributed by atoms with Crippen LogP contribution in [0.25, 0.3) is 0 Å². The quantitative estimate of drug-likeness (QED) is 0.824. The third-order valence-electron chi connectivity index (χ3n) is 3.14. The molecule has 0 aliphatic rings. The van der Waals surface area contributed by atoms with Crippen LogP contribution in [0.1, 0.15) is 31.4 Å². The normalized spacial score (nSPS) is 12.9. The summed E-state index contributed by atoms with van der Waals surface area (Å²) in [6, 6.07) is 7.83. The van der Waals surface area contributed by atoms with Crippen LogP contribution in [-0.4, -0.2) is 36.4 Å². The summed E-state index contributed by atoms with van der Waals surface area (Å²) in [7, 11) is -3.76. The predicted octanol–water partition coefficient (Wildman–Crippen LogP) is 1.57. The Morgan fingerprint density at radius 1 is 1.48 bits per heavy atom. The van der Waals surface area contributed by atoms with Gasteiger partial charge in [-0.25, -0.2) is 8.42 Å². The van der Waals surface area contributed by atoms with Crippen LogP contribution < -0.4 is 0 Å². The summed E-state index contributed by atoms with van der Waals surface area (Å²) in [4.78, 5) is 10.9. The van der Waals surface area contributed by atoms with Gasteiger partial charge in [0.1, 0.15) is 6.54 Å². The number of sulfonamides is 1. The Labute approximate surface area is 124 Å². The topological polar surface area (TPSA) is 98.5 Å². The molecule has 1 rings (SSSR count). The van der Waals surface area contributed by atoms with E-state index in [4.69, 9.17) is 10.4 Å². The fourth-order valence-electron chi connectivity index (χ4n) is 1.89. The van der Waals surface area contributed by atoms with Crippen LogP contribution in [0.4, 0.5) is 0 Å². The monoisotopic (exact) mass is 310 g/mol. The number of hydrogen-bond donors (Lipinski definition) is 1. The highest BCUT2D eigenvalue weighted by Gasteiger charge is 2.28. The highest BCUT2D eigenvalue weighted by Crippen LogP contribution is 2.16. The first kappa shape index (κ1) is 17.1. The molecule has 1 aromatic rings. The maximum Gasteiger partial charge on any atom is 0.318 e. The number of hydrogen-bond acceptors (Lipinski definition) is 4. The third-order valence-corrected chi connectivity index (χ3v) is 5.04. The maximum atomic E-state index is 12.4. The summed E-state index contributed by atoms with van der Waals surface area (Å²) in [5.74, 6) is -1.51. The molecular formula is C14H18N2O4S. The number of carboxylic acids is 1. The maximum absolute atomic E-state index is 12.4. The first-order chi connectivity index (χ1) is 9.80. The van der Waals surface area contributed by atoms with Crippen molar-refractivity contribution < 1.29 is 18.3 Å².